The first-order valence-corrected chi connectivity index (χ1v) is 8.54. The van der Waals surface area contributed by atoms with E-state index in [4.69, 9.17) is 10.5 Å². The van der Waals surface area contributed by atoms with Crippen LogP contribution >= 0.6 is 0 Å². The Hall–Kier alpha value is -0.770. The number of rotatable bonds is 3. The number of hydrogen-bond acceptors (Lipinski definition) is 3. The smallest absolute Gasteiger partial charge is 0.410 e. The van der Waals surface area contributed by atoms with Crippen LogP contribution in [0.2, 0.25) is 0 Å². The average molecular weight is 296 g/mol. The molecule has 1 saturated carbocycles. The first-order chi connectivity index (χ1) is 9.77. The van der Waals surface area contributed by atoms with E-state index in [2.05, 4.69) is 0 Å². The summed E-state index contributed by atoms with van der Waals surface area (Å²) in [7, 11) is 0. The van der Waals surface area contributed by atoms with Gasteiger partial charge in [-0.1, -0.05) is 12.8 Å². The van der Waals surface area contributed by atoms with E-state index in [9.17, 15) is 4.79 Å². The van der Waals surface area contributed by atoms with Crippen LogP contribution in [0.1, 0.15) is 72.1 Å². The van der Waals surface area contributed by atoms with Gasteiger partial charge in [-0.25, -0.2) is 4.79 Å². The number of amides is 1. The maximum atomic E-state index is 12.2. The molecule has 0 aromatic rings. The first kappa shape index (κ1) is 16.6. The molecule has 1 heterocycles. The number of piperidine rings is 1. The highest BCUT2D eigenvalue weighted by Gasteiger charge is 2.32. The van der Waals surface area contributed by atoms with E-state index in [0.29, 0.717) is 5.92 Å². The third-order valence-electron chi connectivity index (χ3n) is 4.82. The third-order valence-corrected chi connectivity index (χ3v) is 4.82. The molecule has 21 heavy (non-hydrogen) atoms. The highest BCUT2D eigenvalue weighted by atomic mass is 16.6. The lowest BCUT2D eigenvalue weighted by atomic mass is 9.85. The van der Waals surface area contributed by atoms with Crippen LogP contribution in [0.3, 0.4) is 0 Å². The second-order valence-corrected chi connectivity index (χ2v) is 8.04. The molecule has 1 unspecified atom stereocenters. The van der Waals surface area contributed by atoms with Gasteiger partial charge in [0.15, 0.2) is 0 Å². The lowest BCUT2D eigenvalue weighted by molar-refractivity contribution is 0.0158. The van der Waals surface area contributed by atoms with Gasteiger partial charge in [0, 0.05) is 18.6 Å². The summed E-state index contributed by atoms with van der Waals surface area (Å²) in [5.41, 5.74) is 6.12. The van der Waals surface area contributed by atoms with Gasteiger partial charge in [-0.2, -0.15) is 0 Å². The van der Waals surface area contributed by atoms with Crippen molar-refractivity contribution in [1.82, 2.24) is 4.90 Å². The minimum absolute atomic E-state index is 0.0776. The van der Waals surface area contributed by atoms with Gasteiger partial charge in [0.1, 0.15) is 5.60 Å². The van der Waals surface area contributed by atoms with Crippen molar-refractivity contribution >= 4 is 6.09 Å². The molecule has 2 N–H and O–H groups in total. The minimum Gasteiger partial charge on any atom is -0.444 e. The van der Waals surface area contributed by atoms with Crippen molar-refractivity contribution in [3.63, 3.8) is 0 Å². The molecule has 2 fully saturated rings. The van der Waals surface area contributed by atoms with Gasteiger partial charge in [-0.3, -0.25) is 0 Å². The minimum atomic E-state index is -0.408. The SMILES string of the molecule is CC(C)(C)OC(=O)N1CCCC(CCC2(N)CCCC2)C1. The summed E-state index contributed by atoms with van der Waals surface area (Å²) in [6.07, 6.45) is 9.32. The van der Waals surface area contributed by atoms with E-state index in [1.165, 1.54) is 32.1 Å². The third kappa shape index (κ3) is 5.17. The van der Waals surface area contributed by atoms with Gasteiger partial charge in [0.2, 0.25) is 0 Å². The summed E-state index contributed by atoms with van der Waals surface area (Å²) < 4.78 is 5.49. The second-order valence-electron chi connectivity index (χ2n) is 8.04. The first-order valence-electron chi connectivity index (χ1n) is 8.54. The van der Waals surface area contributed by atoms with Gasteiger partial charge < -0.3 is 15.4 Å². The predicted octanol–water partition coefficient (Wildman–Crippen LogP) is 3.69. The Morgan fingerprint density at radius 2 is 1.95 bits per heavy atom. The second kappa shape index (κ2) is 6.55. The largest absolute Gasteiger partial charge is 0.444 e. The molecule has 2 aliphatic rings. The Bertz CT molecular complexity index is 356. The summed E-state index contributed by atoms with van der Waals surface area (Å²) in [5, 5.41) is 0. The summed E-state index contributed by atoms with van der Waals surface area (Å²) in [5.74, 6) is 0.590. The van der Waals surface area contributed by atoms with Crippen LogP contribution in [0.4, 0.5) is 4.79 Å². The van der Waals surface area contributed by atoms with Crippen LogP contribution < -0.4 is 5.73 Å². The quantitative estimate of drug-likeness (QED) is 0.864. The fourth-order valence-electron chi connectivity index (χ4n) is 3.61. The van der Waals surface area contributed by atoms with Gasteiger partial charge in [-0.05, 0) is 65.2 Å². The molecule has 0 aromatic heterocycles. The topological polar surface area (TPSA) is 55.6 Å². The number of hydrogen-bond donors (Lipinski definition) is 1. The number of ether oxygens (including phenoxy) is 1. The molecule has 2 rings (SSSR count). The number of carbonyl (C=O) groups is 1. The monoisotopic (exact) mass is 296 g/mol. The molecule has 0 aromatic carbocycles. The van der Waals surface area contributed by atoms with Crippen molar-refractivity contribution in [3.8, 4) is 0 Å². The standard InChI is InChI=1S/C17H32N2O2/c1-16(2,3)21-15(20)19-12-6-7-14(13-19)8-11-17(18)9-4-5-10-17/h14H,4-13,18H2,1-3H3. The molecule has 1 aliphatic heterocycles. The van der Waals surface area contributed by atoms with Gasteiger partial charge >= 0.3 is 6.09 Å². The number of likely N-dealkylation sites (tertiary alicyclic amines) is 1. The molecule has 1 atom stereocenters. The van der Waals surface area contributed by atoms with Crippen molar-refractivity contribution in [2.45, 2.75) is 83.3 Å². The van der Waals surface area contributed by atoms with Crippen molar-refractivity contribution < 1.29 is 9.53 Å². The molecular weight excluding hydrogens is 264 g/mol. The zero-order chi connectivity index (χ0) is 15.5. The van der Waals surface area contributed by atoms with Crippen molar-refractivity contribution in [3.05, 3.63) is 0 Å². The van der Waals surface area contributed by atoms with Gasteiger partial charge in [0.05, 0.1) is 0 Å². The van der Waals surface area contributed by atoms with Crippen molar-refractivity contribution in [2.75, 3.05) is 13.1 Å². The van der Waals surface area contributed by atoms with Crippen LogP contribution in [0.15, 0.2) is 0 Å². The Balaban J connectivity index is 1.79. The van der Waals surface area contributed by atoms with Crippen LogP contribution in [0, 0.1) is 5.92 Å². The molecule has 122 valence electrons. The van der Waals surface area contributed by atoms with E-state index < -0.39 is 5.60 Å². The lowest BCUT2D eigenvalue weighted by Crippen LogP contribution is -2.44. The summed E-state index contributed by atoms with van der Waals surface area (Å²) in [4.78, 5) is 14.0. The zero-order valence-electron chi connectivity index (χ0n) is 14.0. The van der Waals surface area contributed by atoms with Crippen LogP contribution in [-0.4, -0.2) is 35.2 Å². The van der Waals surface area contributed by atoms with Crippen LogP contribution in [0.5, 0.6) is 0 Å². The Morgan fingerprint density at radius 3 is 2.57 bits per heavy atom. The van der Waals surface area contributed by atoms with Gasteiger partial charge in [-0.15, -0.1) is 0 Å². The molecule has 1 aliphatic carbocycles. The predicted molar refractivity (Wildman–Crippen MR) is 85.2 cm³/mol. The number of nitrogens with zero attached hydrogens (tertiary/aromatic N) is 1. The van der Waals surface area contributed by atoms with E-state index >= 15 is 0 Å². The highest BCUT2D eigenvalue weighted by molar-refractivity contribution is 5.68. The summed E-state index contributed by atoms with van der Waals surface area (Å²) in [6.45, 7) is 7.43. The number of nitrogens with two attached hydrogens (primary N) is 1. The van der Waals surface area contributed by atoms with E-state index in [1.54, 1.807) is 0 Å². The van der Waals surface area contributed by atoms with Crippen LogP contribution in [-0.2, 0) is 4.74 Å². The lowest BCUT2D eigenvalue weighted by Gasteiger charge is -2.35. The summed E-state index contributed by atoms with van der Waals surface area (Å²) in [6, 6.07) is 0. The van der Waals surface area contributed by atoms with Gasteiger partial charge in [0.25, 0.3) is 0 Å². The fraction of sp³-hybridized carbons (Fsp3) is 0.941. The Morgan fingerprint density at radius 1 is 1.29 bits per heavy atom. The molecular formula is C17H32N2O2. The normalized spacial score (nSPS) is 25.9. The zero-order valence-corrected chi connectivity index (χ0v) is 14.0. The van der Waals surface area contributed by atoms with Crippen molar-refractivity contribution in [1.29, 1.82) is 0 Å². The Kier molecular flexibility index (Phi) is 5.18. The average Bonchev–Trinajstić information content (AvgIpc) is 2.82. The molecule has 0 radical (unpaired) electrons. The number of carbonyl (C=O) groups excluding carboxylic acids is 1. The van der Waals surface area contributed by atoms with Crippen molar-refractivity contribution in [2.24, 2.45) is 11.7 Å². The molecule has 0 spiro atoms. The Labute approximate surface area is 129 Å². The molecule has 4 heteroatoms. The molecule has 1 amide bonds. The van der Waals surface area contributed by atoms with E-state index in [0.717, 1.165) is 32.4 Å². The molecule has 0 bridgehead atoms. The molecule has 4 nitrogen and oxygen atoms in total. The highest BCUT2D eigenvalue weighted by Crippen LogP contribution is 2.33. The maximum absolute atomic E-state index is 12.2. The van der Waals surface area contributed by atoms with E-state index in [-0.39, 0.29) is 11.6 Å². The fourth-order valence-corrected chi connectivity index (χ4v) is 3.61. The molecule has 1 saturated heterocycles. The summed E-state index contributed by atoms with van der Waals surface area (Å²) >= 11 is 0. The van der Waals surface area contributed by atoms with Crippen LogP contribution in [0.25, 0.3) is 0 Å². The maximum Gasteiger partial charge on any atom is 0.410 e. The van der Waals surface area contributed by atoms with E-state index in [1.807, 2.05) is 25.7 Å².